The summed E-state index contributed by atoms with van der Waals surface area (Å²) in [6.07, 6.45) is 4.55. The number of halogens is 1. The third kappa shape index (κ3) is 4.91. The van der Waals surface area contributed by atoms with Crippen LogP contribution in [0.4, 0.5) is 0 Å². The molecule has 8 heteroatoms. The molecule has 1 N–H and O–H groups in total. The summed E-state index contributed by atoms with van der Waals surface area (Å²) < 4.78 is 25.4. The van der Waals surface area contributed by atoms with Crippen molar-refractivity contribution in [3.05, 3.63) is 62.0 Å². The molecule has 1 amide bonds. The maximum atomic E-state index is 12.6. The number of hydrogen-bond acceptors (Lipinski definition) is 4. The Bertz CT molecular complexity index is 1020. The van der Waals surface area contributed by atoms with E-state index in [0.717, 1.165) is 30.4 Å². The van der Waals surface area contributed by atoms with E-state index < -0.39 is 15.7 Å². The van der Waals surface area contributed by atoms with Gasteiger partial charge in [-0.15, -0.1) is 0 Å². The monoisotopic (exact) mass is 468 g/mol. The molecular weight excluding hydrogens is 444 g/mol. The molecule has 0 saturated heterocycles. The lowest BCUT2D eigenvalue weighted by Crippen LogP contribution is -2.31. The summed E-state index contributed by atoms with van der Waals surface area (Å²) in [5.74, 6) is -0.461. The third-order valence-corrected chi connectivity index (χ3v) is 6.86. The minimum absolute atomic E-state index is 0.0807. The Balaban J connectivity index is 2.26. The van der Waals surface area contributed by atoms with E-state index in [4.69, 9.17) is 0 Å². The van der Waals surface area contributed by atoms with Crippen molar-refractivity contribution < 1.29 is 13.2 Å². The zero-order valence-corrected chi connectivity index (χ0v) is 18.9. The van der Waals surface area contributed by atoms with Crippen molar-refractivity contribution in [2.75, 3.05) is 6.26 Å². The van der Waals surface area contributed by atoms with Gasteiger partial charge in [0.25, 0.3) is 5.91 Å². The number of rotatable bonds is 7. The van der Waals surface area contributed by atoms with E-state index in [-0.39, 0.29) is 28.5 Å². The molecule has 0 unspecified atom stereocenters. The second kappa shape index (κ2) is 9.05. The van der Waals surface area contributed by atoms with E-state index in [1.807, 2.05) is 11.5 Å². The van der Waals surface area contributed by atoms with E-state index >= 15 is 0 Å². The maximum absolute atomic E-state index is 12.6. The first-order valence-electron chi connectivity index (χ1n) is 9.08. The quantitative estimate of drug-likeness (QED) is 0.672. The molecule has 28 heavy (non-hydrogen) atoms. The van der Waals surface area contributed by atoms with Gasteiger partial charge in [0, 0.05) is 30.7 Å². The average Bonchev–Trinajstić information content (AvgIpc) is 2.66. The van der Waals surface area contributed by atoms with E-state index in [9.17, 15) is 18.0 Å². The minimum Gasteiger partial charge on any atom is -0.348 e. The highest BCUT2D eigenvalue weighted by atomic mass is 79.9. The van der Waals surface area contributed by atoms with Gasteiger partial charge in [0.1, 0.15) is 5.56 Å². The van der Waals surface area contributed by atoms with Crippen LogP contribution in [-0.4, -0.2) is 25.1 Å². The Morgan fingerprint density at radius 2 is 1.75 bits per heavy atom. The number of sulfone groups is 1. The number of hydrogen-bond donors (Lipinski definition) is 1. The molecule has 0 spiro atoms. The molecule has 0 atom stereocenters. The predicted molar refractivity (Wildman–Crippen MR) is 113 cm³/mol. The molecule has 2 aromatic rings. The predicted octanol–water partition coefficient (Wildman–Crippen LogP) is 3.61. The van der Waals surface area contributed by atoms with Gasteiger partial charge in [-0.2, -0.15) is 0 Å². The summed E-state index contributed by atoms with van der Waals surface area (Å²) in [6, 6.07) is 6.49. The summed E-state index contributed by atoms with van der Waals surface area (Å²) in [5.41, 5.74) is 1.28. The molecule has 152 valence electrons. The fraction of sp³-hybridized carbons (Fsp3) is 0.400. The average molecular weight is 469 g/mol. The van der Waals surface area contributed by atoms with Crippen molar-refractivity contribution in [2.45, 2.75) is 51.1 Å². The highest BCUT2D eigenvalue weighted by molar-refractivity contribution is 9.10. The van der Waals surface area contributed by atoms with Crippen LogP contribution in [0.2, 0.25) is 0 Å². The lowest BCUT2D eigenvalue weighted by Gasteiger charge is -2.22. The van der Waals surface area contributed by atoms with E-state index in [0.29, 0.717) is 4.47 Å². The standard InChI is InChI=1S/C20H25BrN2O4S/c1-5-15(6-2)23-12-17(19(24)18(21)13(23)3)20(25)22-11-14-7-9-16(10-8-14)28(4,26)27/h7-10,12,15H,5-6,11H2,1-4H3,(H,22,25). The highest BCUT2D eigenvalue weighted by Gasteiger charge is 2.19. The minimum atomic E-state index is -3.26. The zero-order valence-electron chi connectivity index (χ0n) is 16.5. The van der Waals surface area contributed by atoms with Crippen LogP contribution in [0.25, 0.3) is 0 Å². The van der Waals surface area contributed by atoms with Crippen molar-refractivity contribution in [3.8, 4) is 0 Å². The topological polar surface area (TPSA) is 85.2 Å². The molecule has 1 aromatic heterocycles. The smallest absolute Gasteiger partial charge is 0.257 e. The Morgan fingerprint density at radius 1 is 1.18 bits per heavy atom. The number of nitrogens with zero attached hydrogens (tertiary/aromatic N) is 1. The number of carbonyl (C=O) groups excluding carboxylic acids is 1. The molecule has 0 aliphatic heterocycles. The van der Waals surface area contributed by atoms with Gasteiger partial charge < -0.3 is 9.88 Å². The second-order valence-corrected chi connectivity index (χ2v) is 9.56. The van der Waals surface area contributed by atoms with Gasteiger partial charge in [0.05, 0.1) is 9.37 Å². The molecule has 0 radical (unpaired) electrons. The van der Waals surface area contributed by atoms with Crippen molar-refractivity contribution in [1.82, 2.24) is 9.88 Å². The molecule has 0 bridgehead atoms. The fourth-order valence-corrected chi connectivity index (χ4v) is 4.09. The van der Waals surface area contributed by atoms with E-state index in [2.05, 4.69) is 35.1 Å². The van der Waals surface area contributed by atoms with Crippen molar-refractivity contribution in [3.63, 3.8) is 0 Å². The lowest BCUT2D eigenvalue weighted by molar-refractivity contribution is 0.0948. The Kier molecular flexibility index (Phi) is 7.22. The number of pyridine rings is 1. The molecule has 1 aromatic carbocycles. The molecule has 1 heterocycles. The van der Waals surface area contributed by atoms with Crippen LogP contribution in [0.5, 0.6) is 0 Å². The molecular formula is C20H25BrN2O4S. The first kappa shape index (κ1) is 22.4. The number of benzene rings is 1. The first-order chi connectivity index (χ1) is 13.1. The van der Waals surface area contributed by atoms with Gasteiger partial charge >= 0.3 is 0 Å². The van der Waals surface area contributed by atoms with Crippen LogP contribution in [-0.2, 0) is 16.4 Å². The van der Waals surface area contributed by atoms with Crippen LogP contribution in [0.15, 0.2) is 44.6 Å². The van der Waals surface area contributed by atoms with Gasteiger partial charge in [0.2, 0.25) is 5.43 Å². The van der Waals surface area contributed by atoms with Crippen LogP contribution in [0.1, 0.15) is 54.3 Å². The molecule has 0 aliphatic rings. The second-order valence-electron chi connectivity index (χ2n) is 6.75. The molecule has 0 saturated carbocycles. The van der Waals surface area contributed by atoms with Crippen molar-refractivity contribution in [2.24, 2.45) is 0 Å². The van der Waals surface area contributed by atoms with Crippen LogP contribution >= 0.6 is 15.9 Å². The summed E-state index contributed by atoms with van der Waals surface area (Å²) in [4.78, 5) is 25.4. The van der Waals surface area contributed by atoms with Gasteiger partial charge in [-0.3, -0.25) is 9.59 Å². The van der Waals surface area contributed by atoms with Gasteiger partial charge in [0.15, 0.2) is 9.84 Å². The lowest BCUT2D eigenvalue weighted by atomic mass is 10.1. The number of carbonyl (C=O) groups is 1. The SMILES string of the molecule is CCC(CC)n1cc(C(=O)NCc2ccc(S(C)(=O)=O)cc2)c(=O)c(Br)c1C. The maximum Gasteiger partial charge on any atom is 0.257 e. The number of aromatic nitrogens is 1. The molecule has 2 rings (SSSR count). The zero-order chi connectivity index (χ0) is 21.1. The highest BCUT2D eigenvalue weighted by Crippen LogP contribution is 2.22. The van der Waals surface area contributed by atoms with Gasteiger partial charge in [-0.05, 0) is 53.4 Å². The van der Waals surface area contributed by atoms with E-state index in [1.165, 1.54) is 12.1 Å². The third-order valence-electron chi connectivity index (χ3n) is 4.80. The molecule has 6 nitrogen and oxygen atoms in total. The normalized spacial score (nSPS) is 11.6. The summed E-state index contributed by atoms with van der Waals surface area (Å²) >= 11 is 3.33. The molecule has 0 fully saturated rings. The number of nitrogens with one attached hydrogen (secondary N) is 1. The summed E-state index contributed by atoms with van der Waals surface area (Å²) in [7, 11) is -3.26. The Morgan fingerprint density at radius 3 is 2.25 bits per heavy atom. The summed E-state index contributed by atoms with van der Waals surface area (Å²) in [5, 5.41) is 2.74. The Labute approximate surface area is 174 Å². The Hall–Kier alpha value is -1.93. The first-order valence-corrected chi connectivity index (χ1v) is 11.8. The van der Waals surface area contributed by atoms with Crippen molar-refractivity contribution >= 4 is 31.7 Å². The van der Waals surface area contributed by atoms with Crippen molar-refractivity contribution in [1.29, 1.82) is 0 Å². The van der Waals surface area contributed by atoms with Crippen LogP contribution in [0.3, 0.4) is 0 Å². The van der Waals surface area contributed by atoms with Gasteiger partial charge in [-0.1, -0.05) is 26.0 Å². The van der Waals surface area contributed by atoms with E-state index in [1.54, 1.807) is 18.3 Å². The summed E-state index contributed by atoms with van der Waals surface area (Å²) in [6.45, 7) is 6.19. The van der Waals surface area contributed by atoms with Gasteiger partial charge in [-0.25, -0.2) is 8.42 Å². The number of amides is 1. The largest absolute Gasteiger partial charge is 0.348 e. The fourth-order valence-electron chi connectivity index (χ4n) is 3.05. The van der Waals surface area contributed by atoms with Crippen LogP contribution < -0.4 is 10.7 Å². The molecule has 0 aliphatic carbocycles. The van der Waals surface area contributed by atoms with Crippen LogP contribution in [0, 0.1) is 6.92 Å².